The molecule has 0 atom stereocenters. The lowest BCUT2D eigenvalue weighted by Crippen LogP contribution is -1.91. The van der Waals surface area contributed by atoms with Gasteiger partial charge < -0.3 is 4.57 Å². The second-order valence-corrected chi connectivity index (χ2v) is 6.21. The Bertz CT molecular complexity index is 910. The highest BCUT2D eigenvalue weighted by Gasteiger charge is 2.12. The number of aryl methyl sites for hydroxylation is 1. The van der Waals surface area contributed by atoms with E-state index in [0.29, 0.717) is 0 Å². The smallest absolute Gasteiger partial charge is 0.175 e. The minimum atomic E-state index is 0.942. The number of nitrogens with zero attached hydrogens (tertiary/aromatic N) is 4. The highest BCUT2D eigenvalue weighted by Crippen LogP contribution is 2.33. The van der Waals surface area contributed by atoms with Crippen LogP contribution in [0.4, 0.5) is 0 Å². The molecule has 0 N–H and O–H groups in total. The summed E-state index contributed by atoms with van der Waals surface area (Å²) in [5.41, 5.74) is 2.14. The van der Waals surface area contributed by atoms with Crippen molar-refractivity contribution in [3.63, 3.8) is 0 Å². The van der Waals surface area contributed by atoms with Gasteiger partial charge in [-0.2, -0.15) is 0 Å². The summed E-state index contributed by atoms with van der Waals surface area (Å²) in [5, 5.41) is 5.03. The van der Waals surface area contributed by atoms with Gasteiger partial charge in [0.25, 0.3) is 0 Å². The molecule has 4 nitrogen and oxygen atoms in total. The van der Waals surface area contributed by atoms with Crippen molar-refractivity contribution in [1.82, 2.24) is 19.5 Å². The first-order valence-electron chi connectivity index (χ1n) is 6.10. The van der Waals surface area contributed by atoms with Gasteiger partial charge in [-0.25, -0.2) is 15.0 Å². The summed E-state index contributed by atoms with van der Waals surface area (Å²) in [6, 6.07) is 10.2. The van der Waals surface area contributed by atoms with Crippen LogP contribution in [0, 0.1) is 0 Å². The van der Waals surface area contributed by atoms with Crippen LogP contribution in [0.3, 0.4) is 0 Å². The lowest BCUT2D eigenvalue weighted by molar-refractivity contribution is 0.814. The highest BCUT2D eigenvalue weighted by atomic mass is 32.2. The van der Waals surface area contributed by atoms with Gasteiger partial charge in [-0.15, -0.1) is 11.3 Å². The van der Waals surface area contributed by atoms with Crippen LogP contribution in [-0.4, -0.2) is 19.5 Å². The zero-order valence-corrected chi connectivity index (χ0v) is 12.3. The van der Waals surface area contributed by atoms with Gasteiger partial charge in [-0.3, -0.25) is 0 Å². The predicted octanol–water partition coefficient (Wildman–Crippen LogP) is 3.73. The predicted molar refractivity (Wildman–Crippen MR) is 82.3 cm³/mol. The number of hydrogen-bond acceptors (Lipinski definition) is 5. The maximum absolute atomic E-state index is 4.67. The Labute approximate surface area is 123 Å². The van der Waals surface area contributed by atoms with Crippen LogP contribution in [0.2, 0.25) is 0 Å². The van der Waals surface area contributed by atoms with Gasteiger partial charge in [0.15, 0.2) is 5.16 Å². The number of benzene rings is 1. The number of rotatable bonds is 2. The van der Waals surface area contributed by atoms with Crippen LogP contribution in [0.1, 0.15) is 0 Å². The fraction of sp³-hybridized carbons (Fsp3) is 0.0714. The van der Waals surface area contributed by atoms with Crippen LogP contribution < -0.4 is 0 Å². The minimum absolute atomic E-state index is 0.942. The molecular formula is C14H10N4S2. The van der Waals surface area contributed by atoms with E-state index in [-0.39, 0.29) is 0 Å². The number of imidazole rings is 1. The van der Waals surface area contributed by atoms with Gasteiger partial charge in [0.2, 0.25) is 0 Å². The van der Waals surface area contributed by atoms with Crippen molar-refractivity contribution < 1.29 is 0 Å². The number of thiophene rings is 1. The third-order valence-corrected chi connectivity index (χ3v) is 5.05. The van der Waals surface area contributed by atoms with E-state index in [1.165, 1.54) is 0 Å². The highest BCUT2D eigenvalue weighted by molar-refractivity contribution is 7.99. The third kappa shape index (κ3) is 1.80. The SMILES string of the molecule is Cn1c(Sc2ncnc3sccc23)nc2ccccc21. The summed E-state index contributed by atoms with van der Waals surface area (Å²) in [5.74, 6) is 0. The Hall–Kier alpha value is -1.92. The Balaban J connectivity index is 1.84. The van der Waals surface area contributed by atoms with E-state index in [1.54, 1.807) is 29.4 Å². The molecule has 0 aliphatic carbocycles. The molecule has 0 radical (unpaired) electrons. The van der Waals surface area contributed by atoms with E-state index in [2.05, 4.69) is 31.7 Å². The van der Waals surface area contributed by atoms with Crippen molar-refractivity contribution in [2.75, 3.05) is 0 Å². The Kier molecular flexibility index (Phi) is 2.71. The van der Waals surface area contributed by atoms with Gasteiger partial charge in [0.1, 0.15) is 16.2 Å². The van der Waals surface area contributed by atoms with Crippen molar-refractivity contribution in [1.29, 1.82) is 0 Å². The topological polar surface area (TPSA) is 43.6 Å². The van der Waals surface area contributed by atoms with Crippen LogP contribution in [0.5, 0.6) is 0 Å². The fourth-order valence-electron chi connectivity index (χ4n) is 2.15. The average molecular weight is 298 g/mol. The number of para-hydroxylation sites is 2. The van der Waals surface area contributed by atoms with Crippen molar-refractivity contribution >= 4 is 44.3 Å². The van der Waals surface area contributed by atoms with E-state index in [9.17, 15) is 0 Å². The van der Waals surface area contributed by atoms with Crippen molar-refractivity contribution in [2.24, 2.45) is 7.05 Å². The Morgan fingerprint density at radius 1 is 1.15 bits per heavy atom. The molecule has 0 amide bonds. The molecule has 3 heterocycles. The maximum atomic E-state index is 4.67. The quantitative estimate of drug-likeness (QED) is 0.529. The third-order valence-electron chi connectivity index (χ3n) is 3.16. The molecule has 0 saturated carbocycles. The summed E-state index contributed by atoms with van der Waals surface area (Å²) in [7, 11) is 2.03. The monoisotopic (exact) mass is 298 g/mol. The van der Waals surface area contributed by atoms with E-state index in [0.717, 1.165) is 31.4 Å². The van der Waals surface area contributed by atoms with E-state index < -0.39 is 0 Å². The molecule has 0 aliphatic rings. The molecule has 6 heteroatoms. The molecule has 0 saturated heterocycles. The van der Waals surface area contributed by atoms with Crippen molar-refractivity contribution in [3.8, 4) is 0 Å². The second kappa shape index (κ2) is 4.57. The van der Waals surface area contributed by atoms with E-state index >= 15 is 0 Å². The van der Waals surface area contributed by atoms with Gasteiger partial charge in [-0.05, 0) is 35.3 Å². The molecule has 4 rings (SSSR count). The Morgan fingerprint density at radius 3 is 2.95 bits per heavy atom. The summed E-state index contributed by atoms with van der Waals surface area (Å²) in [4.78, 5) is 14.3. The molecule has 98 valence electrons. The number of hydrogen-bond donors (Lipinski definition) is 0. The zero-order valence-electron chi connectivity index (χ0n) is 10.6. The molecule has 4 aromatic rings. The maximum Gasteiger partial charge on any atom is 0.175 e. The molecule has 1 aromatic carbocycles. The molecule has 0 bridgehead atoms. The standard InChI is InChI=1S/C14H10N4S2/c1-18-11-5-3-2-4-10(11)17-14(18)20-13-9-6-7-19-12(9)15-8-16-13/h2-8H,1H3. The first kappa shape index (κ1) is 11.9. The largest absolute Gasteiger partial charge is 0.322 e. The van der Waals surface area contributed by atoms with Crippen LogP contribution in [0.15, 0.2) is 52.2 Å². The summed E-state index contributed by atoms with van der Waals surface area (Å²) in [6.45, 7) is 0. The lowest BCUT2D eigenvalue weighted by Gasteiger charge is -2.02. The molecule has 20 heavy (non-hydrogen) atoms. The summed E-state index contributed by atoms with van der Waals surface area (Å²) in [6.07, 6.45) is 1.61. The first-order chi connectivity index (χ1) is 9.83. The minimum Gasteiger partial charge on any atom is -0.322 e. The van der Waals surface area contributed by atoms with Crippen LogP contribution in [0.25, 0.3) is 21.3 Å². The normalized spacial score (nSPS) is 11.4. The first-order valence-corrected chi connectivity index (χ1v) is 7.80. The van der Waals surface area contributed by atoms with Crippen LogP contribution in [-0.2, 0) is 7.05 Å². The second-order valence-electron chi connectivity index (χ2n) is 4.36. The van der Waals surface area contributed by atoms with Crippen molar-refractivity contribution in [3.05, 3.63) is 42.0 Å². The van der Waals surface area contributed by atoms with E-state index in [1.807, 2.05) is 30.6 Å². The summed E-state index contributed by atoms with van der Waals surface area (Å²) < 4.78 is 2.10. The van der Waals surface area contributed by atoms with Gasteiger partial charge in [0.05, 0.1) is 11.0 Å². The van der Waals surface area contributed by atoms with Gasteiger partial charge in [0, 0.05) is 12.4 Å². The molecule has 0 spiro atoms. The van der Waals surface area contributed by atoms with Crippen LogP contribution >= 0.6 is 23.1 Å². The molecule has 0 aliphatic heterocycles. The van der Waals surface area contributed by atoms with Crippen molar-refractivity contribution in [2.45, 2.75) is 10.2 Å². The fourth-order valence-corrected chi connectivity index (χ4v) is 3.87. The molecule has 0 fully saturated rings. The number of aromatic nitrogens is 4. The van der Waals surface area contributed by atoms with Gasteiger partial charge >= 0.3 is 0 Å². The summed E-state index contributed by atoms with van der Waals surface area (Å²) >= 11 is 3.21. The van der Waals surface area contributed by atoms with Gasteiger partial charge in [-0.1, -0.05) is 12.1 Å². The molecule has 0 unspecified atom stereocenters. The van der Waals surface area contributed by atoms with E-state index in [4.69, 9.17) is 0 Å². The zero-order chi connectivity index (χ0) is 13.5. The Morgan fingerprint density at radius 2 is 2.05 bits per heavy atom. The lowest BCUT2D eigenvalue weighted by atomic mass is 10.3. The average Bonchev–Trinajstić information content (AvgIpc) is 3.06. The molecule has 3 aromatic heterocycles. The molecular weight excluding hydrogens is 288 g/mol. The number of fused-ring (bicyclic) bond motifs is 2.